The molecule has 2 N–H and O–H groups in total. The minimum atomic E-state index is -0.0588. The fourth-order valence-corrected chi connectivity index (χ4v) is 6.54. The van der Waals surface area contributed by atoms with Crippen LogP contribution in [0.1, 0.15) is 43.4 Å². The Morgan fingerprint density at radius 2 is 1.88 bits per heavy atom. The largest absolute Gasteiger partial charge is 0.314 e. The van der Waals surface area contributed by atoms with E-state index in [1.54, 1.807) is 0 Å². The van der Waals surface area contributed by atoms with Gasteiger partial charge in [0.15, 0.2) is 0 Å². The number of pyridine rings is 2. The molecule has 0 radical (unpaired) electrons. The standard InChI is InChI=1S/C32H39ClN8O/c1-3-14-39-15-6-7-24(21-39)41-30-26(22(2)29(31(41)42)25-8-4-5-9-27(25)33)19-36-32(38-30)37-28-11-10-23(18-35-28)20-40-16-12-34-13-17-40/h4-5,8-11,18-19,24,34H,3,6-7,12-17,20-21H2,1-2H3,(H,35,36,37,38)/t24-/m0/s1. The number of fused-ring (bicyclic) bond motifs is 1. The molecular formula is C32H39ClN8O. The molecule has 1 aromatic carbocycles. The summed E-state index contributed by atoms with van der Waals surface area (Å²) in [4.78, 5) is 33.5. The molecular weight excluding hydrogens is 548 g/mol. The van der Waals surface area contributed by atoms with Gasteiger partial charge in [-0.25, -0.2) is 9.97 Å². The van der Waals surface area contributed by atoms with Crippen LogP contribution in [0.3, 0.4) is 0 Å². The number of likely N-dealkylation sites (tertiary alicyclic amines) is 1. The van der Waals surface area contributed by atoms with Crippen molar-refractivity contribution in [2.75, 3.05) is 51.1 Å². The third-order valence-electron chi connectivity index (χ3n) is 8.42. The van der Waals surface area contributed by atoms with Crippen LogP contribution in [0.15, 0.2) is 53.6 Å². The number of rotatable bonds is 8. The minimum absolute atomic E-state index is 0.00674. The van der Waals surface area contributed by atoms with Crippen LogP contribution in [-0.2, 0) is 6.54 Å². The molecule has 1 atom stereocenters. The first kappa shape index (κ1) is 28.7. The maximum absolute atomic E-state index is 14.4. The average Bonchev–Trinajstić information content (AvgIpc) is 3.00. The molecule has 10 heteroatoms. The summed E-state index contributed by atoms with van der Waals surface area (Å²) in [5.41, 5.74) is 3.95. The SMILES string of the molecule is CCCN1CCC[C@H](n2c(=O)c(-c3ccccc3Cl)c(C)c3cnc(Nc4ccc(CN5CCNCC5)cn4)nc32)C1. The van der Waals surface area contributed by atoms with Crippen LogP contribution in [0.5, 0.6) is 0 Å². The highest BCUT2D eigenvalue weighted by Crippen LogP contribution is 2.33. The molecule has 0 saturated carbocycles. The van der Waals surface area contributed by atoms with Gasteiger partial charge >= 0.3 is 0 Å². The van der Waals surface area contributed by atoms with Crippen LogP contribution in [0.4, 0.5) is 11.8 Å². The molecule has 4 aromatic rings. The molecule has 0 amide bonds. The van der Waals surface area contributed by atoms with E-state index in [9.17, 15) is 4.79 Å². The topological polar surface area (TPSA) is 91.2 Å². The van der Waals surface area contributed by atoms with Gasteiger partial charge in [-0.15, -0.1) is 0 Å². The van der Waals surface area contributed by atoms with E-state index in [-0.39, 0.29) is 11.6 Å². The number of hydrogen-bond acceptors (Lipinski definition) is 8. The lowest BCUT2D eigenvalue weighted by Gasteiger charge is -2.34. The Morgan fingerprint density at radius 3 is 2.64 bits per heavy atom. The average molecular weight is 587 g/mol. The summed E-state index contributed by atoms with van der Waals surface area (Å²) in [6, 6.07) is 11.6. The van der Waals surface area contributed by atoms with Crippen molar-refractivity contribution >= 4 is 34.4 Å². The van der Waals surface area contributed by atoms with Gasteiger partial charge in [-0.3, -0.25) is 14.3 Å². The number of hydrogen-bond donors (Lipinski definition) is 2. The van der Waals surface area contributed by atoms with E-state index in [0.717, 1.165) is 88.1 Å². The smallest absolute Gasteiger partial charge is 0.260 e. The highest BCUT2D eigenvalue weighted by molar-refractivity contribution is 6.33. The third kappa shape index (κ3) is 6.06. The van der Waals surface area contributed by atoms with Gasteiger partial charge in [-0.1, -0.05) is 42.8 Å². The van der Waals surface area contributed by atoms with Gasteiger partial charge in [0.05, 0.1) is 11.6 Å². The molecule has 0 aliphatic carbocycles. The molecule has 5 heterocycles. The van der Waals surface area contributed by atoms with Crippen molar-refractivity contribution < 1.29 is 0 Å². The maximum Gasteiger partial charge on any atom is 0.260 e. The summed E-state index contributed by atoms with van der Waals surface area (Å²) < 4.78 is 1.90. The summed E-state index contributed by atoms with van der Waals surface area (Å²) in [6.45, 7) is 12.1. The number of aryl methyl sites for hydroxylation is 1. The molecule has 6 rings (SSSR count). The number of nitrogens with one attached hydrogen (secondary N) is 2. The monoisotopic (exact) mass is 586 g/mol. The first-order chi connectivity index (χ1) is 20.5. The summed E-state index contributed by atoms with van der Waals surface area (Å²) in [6.07, 6.45) is 6.77. The van der Waals surface area contributed by atoms with Crippen LogP contribution in [0, 0.1) is 6.92 Å². The van der Waals surface area contributed by atoms with Crippen molar-refractivity contribution in [1.82, 2.24) is 34.6 Å². The lowest BCUT2D eigenvalue weighted by atomic mass is 9.98. The molecule has 2 aliphatic heterocycles. The Kier molecular flexibility index (Phi) is 8.81. The summed E-state index contributed by atoms with van der Waals surface area (Å²) >= 11 is 6.63. The van der Waals surface area contributed by atoms with Gasteiger partial charge < -0.3 is 15.5 Å². The number of piperidine rings is 1. The maximum atomic E-state index is 14.4. The predicted octanol–water partition coefficient (Wildman–Crippen LogP) is 5.01. The highest BCUT2D eigenvalue weighted by atomic mass is 35.5. The first-order valence-corrected chi connectivity index (χ1v) is 15.4. The molecule has 0 spiro atoms. The zero-order chi connectivity index (χ0) is 29.1. The molecule has 0 unspecified atom stereocenters. The fourth-order valence-electron chi connectivity index (χ4n) is 6.31. The van der Waals surface area contributed by atoms with Crippen LogP contribution in [0.25, 0.3) is 22.2 Å². The van der Waals surface area contributed by atoms with E-state index < -0.39 is 0 Å². The Balaban J connectivity index is 1.37. The van der Waals surface area contributed by atoms with E-state index in [1.165, 1.54) is 5.56 Å². The van der Waals surface area contributed by atoms with Gasteiger partial charge in [0.2, 0.25) is 5.95 Å². The number of benzene rings is 1. The van der Waals surface area contributed by atoms with E-state index >= 15 is 0 Å². The van der Waals surface area contributed by atoms with Crippen LogP contribution >= 0.6 is 11.6 Å². The van der Waals surface area contributed by atoms with Crippen molar-refractivity contribution in [3.63, 3.8) is 0 Å². The molecule has 2 saturated heterocycles. The van der Waals surface area contributed by atoms with Crippen molar-refractivity contribution in [3.05, 3.63) is 75.3 Å². The molecule has 0 bridgehead atoms. The lowest BCUT2D eigenvalue weighted by Crippen LogP contribution is -2.42. The van der Waals surface area contributed by atoms with Gasteiger partial charge in [0.1, 0.15) is 11.5 Å². The van der Waals surface area contributed by atoms with Crippen LogP contribution in [-0.4, -0.2) is 75.1 Å². The Hall–Kier alpha value is -3.37. The molecule has 2 fully saturated rings. The van der Waals surface area contributed by atoms with E-state index in [0.29, 0.717) is 28.0 Å². The number of anilines is 2. The highest BCUT2D eigenvalue weighted by Gasteiger charge is 2.27. The second kappa shape index (κ2) is 12.9. The van der Waals surface area contributed by atoms with Crippen molar-refractivity contribution in [2.24, 2.45) is 0 Å². The quantitative estimate of drug-likeness (QED) is 0.298. The Bertz CT molecular complexity index is 1600. The second-order valence-electron chi connectivity index (χ2n) is 11.4. The summed E-state index contributed by atoms with van der Waals surface area (Å²) in [5.74, 6) is 1.09. The minimum Gasteiger partial charge on any atom is -0.314 e. The van der Waals surface area contributed by atoms with Gasteiger partial charge in [0, 0.05) is 67.6 Å². The van der Waals surface area contributed by atoms with Crippen LogP contribution in [0.2, 0.25) is 5.02 Å². The third-order valence-corrected chi connectivity index (χ3v) is 8.75. The fraction of sp³-hybridized carbons (Fsp3) is 0.438. The van der Waals surface area contributed by atoms with Gasteiger partial charge in [-0.2, -0.15) is 4.98 Å². The number of nitrogens with zero attached hydrogens (tertiary/aromatic N) is 6. The Morgan fingerprint density at radius 1 is 1.05 bits per heavy atom. The molecule has 42 heavy (non-hydrogen) atoms. The van der Waals surface area contributed by atoms with Crippen molar-refractivity contribution in [1.29, 1.82) is 0 Å². The number of halogens is 1. The normalized spacial score (nSPS) is 18.4. The van der Waals surface area contributed by atoms with Gasteiger partial charge in [0.25, 0.3) is 5.56 Å². The molecule has 9 nitrogen and oxygen atoms in total. The van der Waals surface area contributed by atoms with E-state index in [4.69, 9.17) is 16.6 Å². The zero-order valence-corrected chi connectivity index (χ0v) is 25.2. The molecule has 2 aliphatic rings. The van der Waals surface area contributed by atoms with Crippen molar-refractivity contribution in [2.45, 2.75) is 45.7 Å². The van der Waals surface area contributed by atoms with Crippen LogP contribution < -0.4 is 16.2 Å². The van der Waals surface area contributed by atoms with E-state index in [2.05, 4.69) is 43.4 Å². The summed E-state index contributed by atoms with van der Waals surface area (Å²) in [7, 11) is 0. The van der Waals surface area contributed by atoms with Gasteiger partial charge in [-0.05, 0) is 62.5 Å². The van der Waals surface area contributed by atoms with Crippen molar-refractivity contribution in [3.8, 4) is 11.1 Å². The summed E-state index contributed by atoms with van der Waals surface area (Å²) in [5, 5.41) is 8.08. The number of aromatic nitrogens is 4. The first-order valence-electron chi connectivity index (χ1n) is 15.1. The van der Waals surface area contributed by atoms with E-state index in [1.807, 2.05) is 54.2 Å². The Labute approximate surface area is 251 Å². The molecule has 3 aromatic heterocycles. The number of piperazine rings is 1. The lowest BCUT2D eigenvalue weighted by molar-refractivity contribution is 0.178. The molecule has 220 valence electrons. The second-order valence-corrected chi connectivity index (χ2v) is 11.8. The zero-order valence-electron chi connectivity index (χ0n) is 24.4. The predicted molar refractivity (Wildman–Crippen MR) is 170 cm³/mol.